The van der Waals surface area contributed by atoms with Gasteiger partial charge >= 0.3 is 0 Å². The van der Waals surface area contributed by atoms with Gasteiger partial charge in [0, 0.05) is 29.3 Å². The monoisotopic (exact) mass is 345 g/mol. The zero-order valence-electron chi connectivity index (χ0n) is 17.3. The number of hydrogen-bond donors (Lipinski definition) is 0. The van der Waals surface area contributed by atoms with Gasteiger partial charge < -0.3 is 4.90 Å². The summed E-state index contributed by atoms with van der Waals surface area (Å²) in [6, 6.07) is 8.76. The molecule has 0 spiro atoms. The minimum atomic E-state index is -0.0775. The van der Waals surface area contributed by atoms with E-state index in [2.05, 4.69) is 97.0 Å². The molecule has 0 aromatic heterocycles. The highest BCUT2D eigenvalue weighted by Gasteiger charge is 2.38. The zero-order valence-corrected chi connectivity index (χ0v) is 17.3. The lowest BCUT2D eigenvalue weighted by molar-refractivity contribution is 0.417. The number of nitrogens with zero attached hydrogens (tertiary/aromatic N) is 1. The average molecular weight is 346 g/mol. The smallest absolute Gasteiger partial charge is 0.0446 e. The number of benzene rings is 1. The highest BCUT2D eigenvalue weighted by atomic mass is 15.1. The first-order chi connectivity index (χ1) is 12.0. The van der Waals surface area contributed by atoms with Gasteiger partial charge in [0.05, 0.1) is 0 Å². The second-order valence-electron chi connectivity index (χ2n) is 8.62. The third-order valence-corrected chi connectivity index (χ3v) is 6.66. The van der Waals surface area contributed by atoms with Crippen molar-refractivity contribution < 1.29 is 0 Å². The Morgan fingerprint density at radius 1 is 1.00 bits per heavy atom. The quantitative estimate of drug-likeness (QED) is 0.582. The van der Waals surface area contributed by atoms with Gasteiger partial charge in [-0.3, -0.25) is 0 Å². The summed E-state index contributed by atoms with van der Waals surface area (Å²) in [5, 5.41) is 0. The van der Waals surface area contributed by atoms with Crippen molar-refractivity contribution in [1.29, 1.82) is 0 Å². The molecule has 136 valence electrons. The van der Waals surface area contributed by atoms with Gasteiger partial charge in [0.25, 0.3) is 0 Å². The van der Waals surface area contributed by atoms with Crippen molar-refractivity contribution in [2.45, 2.75) is 47.0 Å². The van der Waals surface area contributed by atoms with Crippen LogP contribution < -0.4 is 0 Å². The van der Waals surface area contributed by atoms with Crippen molar-refractivity contribution in [3.8, 4) is 0 Å². The Morgan fingerprint density at radius 3 is 2.19 bits per heavy atom. The zero-order chi connectivity index (χ0) is 19.4. The van der Waals surface area contributed by atoms with Crippen LogP contribution in [-0.4, -0.2) is 11.9 Å². The van der Waals surface area contributed by atoms with Crippen LogP contribution in [0.5, 0.6) is 0 Å². The minimum Gasteiger partial charge on any atom is -0.344 e. The highest BCUT2D eigenvalue weighted by Crippen LogP contribution is 2.50. The number of likely N-dealkylation sites (N-methyl/N-ethyl adjacent to an activating group) is 1. The first-order valence-corrected chi connectivity index (χ1v) is 9.35. The molecule has 0 saturated carbocycles. The third kappa shape index (κ3) is 2.37. The van der Waals surface area contributed by atoms with Gasteiger partial charge in [0.2, 0.25) is 0 Å². The molecule has 1 aliphatic carbocycles. The van der Waals surface area contributed by atoms with Gasteiger partial charge in [0.15, 0.2) is 0 Å². The molecule has 1 aromatic carbocycles. The first-order valence-electron chi connectivity index (χ1n) is 9.35. The number of fused-ring (bicyclic) bond motifs is 1. The third-order valence-electron chi connectivity index (χ3n) is 6.66. The first kappa shape index (κ1) is 18.5. The molecule has 0 bridgehead atoms. The summed E-state index contributed by atoms with van der Waals surface area (Å²) in [5.41, 5.74) is 10.3. The van der Waals surface area contributed by atoms with Crippen LogP contribution in [-0.2, 0) is 5.41 Å². The predicted molar refractivity (Wildman–Crippen MR) is 114 cm³/mol. The Kier molecular flexibility index (Phi) is 4.18. The van der Waals surface area contributed by atoms with Crippen molar-refractivity contribution in [2.75, 3.05) is 7.05 Å². The molecule has 0 amide bonds. The normalized spacial score (nSPS) is 23.0. The van der Waals surface area contributed by atoms with E-state index in [1.54, 1.807) is 0 Å². The molecule has 0 N–H and O–H groups in total. The van der Waals surface area contributed by atoms with Crippen LogP contribution in [0.4, 0.5) is 0 Å². The SMILES string of the molecule is C=CC1=C(C)C(C)(C)C(=C)/C(=C\C2=C(C)c3ccccc3C2(C)C)N1C. The lowest BCUT2D eigenvalue weighted by atomic mass is 9.72. The molecule has 2 aliphatic rings. The molecule has 0 atom stereocenters. The summed E-state index contributed by atoms with van der Waals surface area (Å²) in [4.78, 5) is 2.25. The Labute approximate surface area is 159 Å². The van der Waals surface area contributed by atoms with Gasteiger partial charge in [-0.1, -0.05) is 65.1 Å². The molecule has 0 fully saturated rings. The summed E-state index contributed by atoms with van der Waals surface area (Å²) in [5.74, 6) is 0. The van der Waals surface area contributed by atoms with Crippen molar-refractivity contribution >= 4 is 5.57 Å². The summed E-state index contributed by atoms with van der Waals surface area (Å²) < 4.78 is 0. The lowest BCUT2D eigenvalue weighted by Gasteiger charge is -2.43. The van der Waals surface area contributed by atoms with Gasteiger partial charge in [0.1, 0.15) is 0 Å². The average Bonchev–Trinajstić information content (AvgIpc) is 2.78. The number of rotatable bonds is 2. The molecular formula is C25H31N. The van der Waals surface area contributed by atoms with Gasteiger partial charge in [-0.25, -0.2) is 0 Å². The van der Waals surface area contributed by atoms with E-state index in [9.17, 15) is 0 Å². The number of hydrogen-bond acceptors (Lipinski definition) is 1. The summed E-state index contributed by atoms with van der Waals surface area (Å²) in [6.45, 7) is 22.1. The van der Waals surface area contributed by atoms with Crippen molar-refractivity contribution in [2.24, 2.45) is 5.41 Å². The Balaban J connectivity index is 2.21. The second kappa shape index (κ2) is 5.87. The van der Waals surface area contributed by atoms with E-state index in [1.807, 2.05) is 6.08 Å². The van der Waals surface area contributed by atoms with Crippen LogP contribution >= 0.6 is 0 Å². The molecule has 0 saturated heterocycles. The molecule has 1 heterocycles. The molecule has 1 aromatic rings. The topological polar surface area (TPSA) is 3.24 Å². The highest BCUT2D eigenvalue weighted by molar-refractivity contribution is 5.81. The maximum Gasteiger partial charge on any atom is 0.0446 e. The molecule has 0 unspecified atom stereocenters. The van der Waals surface area contributed by atoms with E-state index in [0.29, 0.717) is 0 Å². The maximum atomic E-state index is 4.48. The Hall–Kier alpha value is -2.28. The van der Waals surface area contributed by atoms with Crippen LogP contribution in [0, 0.1) is 5.41 Å². The molecule has 0 radical (unpaired) electrons. The Morgan fingerprint density at radius 2 is 1.62 bits per heavy atom. The fourth-order valence-electron chi connectivity index (χ4n) is 4.46. The largest absolute Gasteiger partial charge is 0.344 e. The number of allylic oxidation sites excluding steroid dienone is 6. The Bertz CT molecular complexity index is 900. The van der Waals surface area contributed by atoms with E-state index < -0.39 is 0 Å². The molecular weight excluding hydrogens is 314 g/mol. The molecule has 1 nitrogen and oxygen atoms in total. The fourth-order valence-corrected chi connectivity index (χ4v) is 4.46. The predicted octanol–water partition coefficient (Wildman–Crippen LogP) is 6.62. The van der Waals surface area contributed by atoms with E-state index in [1.165, 1.54) is 39.2 Å². The molecule has 3 rings (SSSR count). The van der Waals surface area contributed by atoms with E-state index in [0.717, 1.165) is 5.57 Å². The fraction of sp³-hybridized carbons (Fsp3) is 0.360. The lowest BCUT2D eigenvalue weighted by Crippen LogP contribution is -2.33. The standard InChI is InChI=1S/C25H31N/c1-10-22-17(3)24(5,6)18(4)23(26(22)9)15-21-16(2)19-13-11-12-14-20(19)25(21,7)8/h10-15H,1,4H2,2-3,5-9H3/b23-15+. The summed E-state index contributed by atoms with van der Waals surface area (Å²) in [7, 11) is 2.12. The van der Waals surface area contributed by atoms with Crippen LogP contribution in [0.25, 0.3) is 5.57 Å². The van der Waals surface area contributed by atoms with Crippen LogP contribution in [0.15, 0.2) is 77.7 Å². The van der Waals surface area contributed by atoms with Gasteiger partial charge in [-0.2, -0.15) is 0 Å². The van der Waals surface area contributed by atoms with Crippen LogP contribution in [0.3, 0.4) is 0 Å². The molecule has 1 heteroatoms. The summed E-state index contributed by atoms with van der Waals surface area (Å²) >= 11 is 0. The van der Waals surface area contributed by atoms with E-state index in [4.69, 9.17) is 0 Å². The second-order valence-corrected chi connectivity index (χ2v) is 8.62. The minimum absolute atomic E-state index is 0.0104. The van der Waals surface area contributed by atoms with Gasteiger partial charge in [-0.15, -0.1) is 0 Å². The van der Waals surface area contributed by atoms with Crippen molar-refractivity contribution in [1.82, 2.24) is 4.90 Å². The van der Waals surface area contributed by atoms with E-state index in [-0.39, 0.29) is 10.8 Å². The molecule has 26 heavy (non-hydrogen) atoms. The van der Waals surface area contributed by atoms with E-state index >= 15 is 0 Å². The van der Waals surface area contributed by atoms with Crippen molar-refractivity contribution in [3.05, 3.63) is 88.8 Å². The van der Waals surface area contributed by atoms with Gasteiger partial charge in [-0.05, 0) is 59.4 Å². The molecule has 1 aliphatic heterocycles. The van der Waals surface area contributed by atoms with Crippen molar-refractivity contribution in [3.63, 3.8) is 0 Å². The van der Waals surface area contributed by atoms with Crippen LogP contribution in [0.1, 0.15) is 52.7 Å². The summed E-state index contributed by atoms with van der Waals surface area (Å²) in [6.07, 6.45) is 4.32. The maximum absolute atomic E-state index is 4.48. The van der Waals surface area contributed by atoms with Crippen LogP contribution in [0.2, 0.25) is 0 Å².